The second-order valence-electron chi connectivity index (χ2n) is 6.42. The summed E-state index contributed by atoms with van der Waals surface area (Å²) >= 11 is 0. The Morgan fingerprint density at radius 2 is 2.00 bits per heavy atom. The molecule has 2 fully saturated rings. The van der Waals surface area contributed by atoms with Gasteiger partial charge in [0.1, 0.15) is 5.82 Å². The highest BCUT2D eigenvalue weighted by molar-refractivity contribution is 5.51. The van der Waals surface area contributed by atoms with Gasteiger partial charge in [0, 0.05) is 38.3 Å². The molecule has 2 aliphatic heterocycles. The van der Waals surface area contributed by atoms with E-state index in [1.165, 1.54) is 50.3 Å². The number of aromatic nitrogens is 2. The molecular formula is C16H29N5. The van der Waals surface area contributed by atoms with Crippen molar-refractivity contribution in [1.82, 2.24) is 20.0 Å². The zero-order valence-corrected chi connectivity index (χ0v) is 13.7. The molecule has 1 unspecified atom stereocenters. The molecule has 0 saturated carbocycles. The highest BCUT2D eigenvalue weighted by Crippen LogP contribution is 2.29. The molecule has 5 nitrogen and oxygen atoms in total. The quantitative estimate of drug-likeness (QED) is 0.892. The SMILES string of the molecule is CCNCc1c(C)nn(C)c1N1CCC(N2CCCC2)C1. The number of hydrogen-bond donors (Lipinski definition) is 1. The van der Waals surface area contributed by atoms with Gasteiger partial charge in [0.05, 0.1) is 5.69 Å². The van der Waals surface area contributed by atoms with Crippen LogP contribution in [0.2, 0.25) is 0 Å². The van der Waals surface area contributed by atoms with E-state index in [4.69, 9.17) is 0 Å². The monoisotopic (exact) mass is 291 g/mol. The maximum atomic E-state index is 4.65. The molecule has 5 heteroatoms. The number of hydrogen-bond acceptors (Lipinski definition) is 4. The summed E-state index contributed by atoms with van der Waals surface area (Å²) in [4.78, 5) is 5.24. The molecule has 0 aromatic carbocycles. The fourth-order valence-electron chi connectivity index (χ4n) is 3.88. The Bertz CT molecular complexity index is 475. The lowest BCUT2D eigenvalue weighted by Gasteiger charge is -2.25. The Morgan fingerprint density at radius 3 is 2.71 bits per heavy atom. The second-order valence-corrected chi connectivity index (χ2v) is 6.42. The van der Waals surface area contributed by atoms with Crippen molar-refractivity contribution in [3.8, 4) is 0 Å². The summed E-state index contributed by atoms with van der Waals surface area (Å²) in [5, 5.41) is 8.11. The van der Waals surface area contributed by atoms with E-state index in [-0.39, 0.29) is 0 Å². The van der Waals surface area contributed by atoms with Gasteiger partial charge in [-0.2, -0.15) is 5.10 Å². The predicted octanol–water partition coefficient (Wildman–Crippen LogP) is 1.51. The normalized spacial score (nSPS) is 23.4. The molecule has 1 aromatic heterocycles. The van der Waals surface area contributed by atoms with Crippen LogP contribution in [-0.4, -0.2) is 53.4 Å². The lowest BCUT2D eigenvalue weighted by atomic mass is 10.2. The summed E-state index contributed by atoms with van der Waals surface area (Å²) in [5.41, 5.74) is 2.54. The minimum absolute atomic E-state index is 0.745. The smallest absolute Gasteiger partial charge is 0.131 e. The van der Waals surface area contributed by atoms with Crippen LogP contribution in [0.15, 0.2) is 0 Å². The summed E-state index contributed by atoms with van der Waals surface area (Å²) in [5.74, 6) is 1.33. The van der Waals surface area contributed by atoms with Crippen LogP contribution < -0.4 is 10.2 Å². The molecule has 0 radical (unpaired) electrons. The van der Waals surface area contributed by atoms with E-state index in [2.05, 4.69) is 45.8 Å². The predicted molar refractivity (Wildman–Crippen MR) is 86.8 cm³/mol. The van der Waals surface area contributed by atoms with Crippen molar-refractivity contribution in [2.75, 3.05) is 37.6 Å². The Balaban J connectivity index is 1.74. The molecular weight excluding hydrogens is 262 g/mol. The molecule has 118 valence electrons. The van der Waals surface area contributed by atoms with Crippen LogP contribution in [0.1, 0.15) is 37.4 Å². The highest BCUT2D eigenvalue weighted by Gasteiger charge is 2.31. The minimum Gasteiger partial charge on any atom is -0.355 e. The van der Waals surface area contributed by atoms with Gasteiger partial charge >= 0.3 is 0 Å². The zero-order valence-electron chi connectivity index (χ0n) is 13.7. The van der Waals surface area contributed by atoms with E-state index < -0.39 is 0 Å². The minimum atomic E-state index is 0.745. The van der Waals surface area contributed by atoms with E-state index in [0.29, 0.717) is 0 Å². The lowest BCUT2D eigenvalue weighted by molar-refractivity contribution is 0.260. The number of aryl methyl sites for hydroxylation is 2. The summed E-state index contributed by atoms with van der Waals surface area (Å²) < 4.78 is 2.08. The van der Waals surface area contributed by atoms with Crippen molar-refractivity contribution in [1.29, 1.82) is 0 Å². The summed E-state index contributed by atoms with van der Waals surface area (Å²) in [7, 11) is 2.08. The van der Waals surface area contributed by atoms with Gasteiger partial charge in [0.15, 0.2) is 0 Å². The topological polar surface area (TPSA) is 36.3 Å². The van der Waals surface area contributed by atoms with E-state index in [1.54, 1.807) is 0 Å². The summed E-state index contributed by atoms with van der Waals surface area (Å²) in [6.07, 6.45) is 4.06. The zero-order chi connectivity index (χ0) is 14.8. The van der Waals surface area contributed by atoms with Crippen LogP contribution in [0.3, 0.4) is 0 Å². The van der Waals surface area contributed by atoms with Crippen molar-refractivity contribution in [3.05, 3.63) is 11.3 Å². The lowest BCUT2D eigenvalue weighted by Crippen LogP contribution is -2.36. The summed E-state index contributed by atoms with van der Waals surface area (Å²) in [6, 6.07) is 0.745. The standard InChI is InChI=1S/C16H29N5/c1-4-17-11-15-13(2)18-19(3)16(15)21-10-7-14(12-21)20-8-5-6-9-20/h14,17H,4-12H2,1-3H3. The maximum absolute atomic E-state index is 4.65. The van der Waals surface area contributed by atoms with Gasteiger partial charge in [-0.05, 0) is 45.8 Å². The van der Waals surface area contributed by atoms with Crippen LogP contribution in [0.25, 0.3) is 0 Å². The molecule has 3 rings (SSSR count). The molecule has 1 aromatic rings. The molecule has 1 N–H and O–H groups in total. The van der Waals surface area contributed by atoms with Gasteiger partial charge < -0.3 is 10.2 Å². The molecule has 2 saturated heterocycles. The molecule has 21 heavy (non-hydrogen) atoms. The van der Waals surface area contributed by atoms with Crippen molar-refractivity contribution in [2.45, 2.75) is 45.7 Å². The first-order valence-electron chi connectivity index (χ1n) is 8.43. The van der Waals surface area contributed by atoms with Gasteiger partial charge in [-0.25, -0.2) is 0 Å². The third kappa shape index (κ3) is 2.94. The van der Waals surface area contributed by atoms with Crippen molar-refractivity contribution < 1.29 is 0 Å². The first-order valence-corrected chi connectivity index (χ1v) is 8.43. The number of nitrogens with zero attached hydrogens (tertiary/aromatic N) is 4. The Morgan fingerprint density at radius 1 is 1.24 bits per heavy atom. The van der Waals surface area contributed by atoms with Gasteiger partial charge in [0.2, 0.25) is 0 Å². The molecule has 1 atom stereocenters. The third-order valence-corrected chi connectivity index (χ3v) is 4.98. The van der Waals surface area contributed by atoms with E-state index in [0.717, 1.165) is 31.4 Å². The number of likely N-dealkylation sites (tertiary alicyclic amines) is 1. The van der Waals surface area contributed by atoms with Gasteiger partial charge in [-0.3, -0.25) is 9.58 Å². The maximum Gasteiger partial charge on any atom is 0.131 e. The van der Waals surface area contributed by atoms with Crippen molar-refractivity contribution in [2.24, 2.45) is 7.05 Å². The second kappa shape index (κ2) is 6.36. The van der Waals surface area contributed by atoms with E-state index >= 15 is 0 Å². The van der Waals surface area contributed by atoms with Crippen LogP contribution >= 0.6 is 0 Å². The largest absolute Gasteiger partial charge is 0.355 e. The molecule has 0 aliphatic carbocycles. The Hall–Kier alpha value is -1.07. The van der Waals surface area contributed by atoms with Crippen molar-refractivity contribution >= 4 is 5.82 Å². The Kier molecular flexibility index (Phi) is 4.50. The molecule has 0 spiro atoms. The number of nitrogens with one attached hydrogen (secondary N) is 1. The van der Waals surface area contributed by atoms with E-state index in [9.17, 15) is 0 Å². The van der Waals surface area contributed by atoms with Crippen molar-refractivity contribution in [3.63, 3.8) is 0 Å². The molecule has 3 heterocycles. The highest BCUT2D eigenvalue weighted by atomic mass is 15.4. The molecule has 2 aliphatic rings. The first-order chi connectivity index (χ1) is 10.2. The van der Waals surface area contributed by atoms with Crippen LogP contribution in [0.4, 0.5) is 5.82 Å². The van der Waals surface area contributed by atoms with Gasteiger partial charge in [-0.1, -0.05) is 6.92 Å². The van der Waals surface area contributed by atoms with E-state index in [1.807, 2.05) is 0 Å². The average molecular weight is 291 g/mol. The van der Waals surface area contributed by atoms with Crippen LogP contribution in [-0.2, 0) is 13.6 Å². The molecule has 0 bridgehead atoms. The number of anilines is 1. The average Bonchev–Trinajstić information content (AvgIpc) is 3.16. The Labute approximate surface area is 128 Å². The molecule has 0 amide bonds. The third-order valence-electron chi connectivity index (χ3n) is 4.98. The van der Waals surface area contributed by atoms with Crippen LogP contribution in [0, 0.1) is 6.92 Å². The van der Waals surface area contributed by atoms with Gasteiger partial charge in [-0.15, -0.1) is 0 Å². The fourth-order valence-corrected chi connectivity index (χ4v) is 3.88. The number of rotatable bonds is 5. The van der Waals surface area contributed by atoms with Crippen LogP contribution in [0.5, 0.6) is 0 Å². The van der Waals surface area contributed by atoms with Gasteiger partial charge in [0.25, 0.3) is 0 Å². The fraction of sp³-hybridized carbons (Fsp3) is 0.812. The first kappa shape index (κ1) is 14.9. The summed E-state index contributed by atoms with van der Waals surface area (Å²) in [6.45, 7) is 11.1.